The average molecular weight is 305 g/mol. The van der Waals surface area contributed by atoms with Crippen LogP contribution < -0.4 is 0 Å². The summed E-state index contributed by atoms with van der Waals surface area (Å²) in [5.41, 5.74) is 8.10. The first-order valence-electron chi connectivity index (χ1n) is 7.04. The van der Waals surface area contributed by atoms with E-state index in [0.29, 0.717) is 13.2 Å². The molecule has 9 nitrogen and oxygen atoms in total. The summed E-state index contributed by atoms with van der Waals surface area (Å²) >= 11 is 0. The number of hydrogen-bond acceptors (Lipinski definition) is 7. The minimum absolute atomic E-state index is 0.324. The van der Waals surface area contributed by atoms with Crippen LogP contribution in [0.1, 0.15) is 25.7 Å². The minimum atomic E-state index is -1.41. The molecular weight excluding hydrogens is 282 g/mol. The molecule has 4 N–H and O–H groups in total. The highest BCUT2D eigenvalue weighted by Crippen LogP contribution is 2.22. The Morgan fingerprint density at radius 2 is 1.76 bits per heavy atom. The van der Waals surface area contributed by atoms with E-state index in [-0.39, 0.29) is 0 Å². The first-order chi connectivity index (χ1) is 10.1. The fourth-order valence-electron chi connectivity index (χ4n) is 2.09. The Hall–Kier alpha value is -0.930. The van der Waals surface area contributed by atoms with Gasteiger partial charge in [-0.05, 0) is 18.4 Å². The lowest BCUT2D eigenvalue weighted by molar-refractivity contribution is -0.301. The van der Waals surface area contributed by atoms with Gasteiger partial charge in [-0.25, -0.2) is 0 Å². The third-order valence-electron chi connectivity index (χ3n) is 3.35. The van der Waals surface area contributed by atoms with Crippen molar-refractivity contribution >= 4 is 0 Å². The van der Waals surface area contributed by atoms with Crippen LogP contribution >= 0.6 is 0 Å². The zero-order valence-electron chi connectivity index (χ0n) is 11.8. The van der Waals surface area contributed by atoms with Gasteiger partial charge < -0.3 is 29.9 Å². The second kappa shape index (κ2) is 9.91. The van der Waals surface area contributed by atoms with Crippen molar-refractivity contribution in [2.45, 2.75) is 56.4 Å². The highest BCUT2D eigenvalue weighted by molar-refractivity contribution is 4.88. The molecule has 0 spiro atoms. The quantitative estimate of drug-likeness (QED) is 0.198. The van der Waals surface area contributed by atoms with Crippen molar-refractivity contribution in [2.24, 2.45) is 5.11 Å². The van der Waals surface area contributed by atoms with E-state index in [2.05, 4.69) is 10.0 Å². The van der Waals surface area contributed by atoms with Gasteiger partial charge in [-0.1, -0.05) is 18.0 Å². The smallest absolute Gasteiger partial charge is 0.186 e. The Morgan fingerprint density at radius 1 is 1.05 bits per heavy atom. The second-order valence-corrected chi connectivity index (χ2v) is 4.94. The van der Waals surface area contributed by atoms with Gasteiger partial charge in [0.05, 0.1) is 6.61 Å². The van der Waals surface area contributed by atoms with Gasteiger partial charge in [-0.15, -0.1) is 0 Å². The summed E-state index contributed by atoms with van der Waals surface area (Å²) in [5.74, 6) is 0. The summed E-state index contributed by atoms with van der Waals surface area (Å²) in [6.45, 7) is 0.332. The van der Waals surface area contributed by atoms with E-state index in [1.165, 1.54) is 0 Å². The van der Waals surface area contributed by atoms with Crippen molar-refractivity contribution < 1.29 is 29.9 Å². The fraction of sp³-hybridized carbons (Fsp3) is 1.00. The number of unbranched alkanes of at least 4 members (excludes halogenated alkanes) is 3. The maximum atomic E-state index is 9.73. The van der Waals surface area contributed by atoms with Gasteiger partial charge in [0, 0.05) is 18.1 Å². The van der Waals surface area contributed by atoms with Crippen LogP contribution in [0.5, 0.6) is 0 Å². The van der Waals surface area contributed by atoms with E-state index in [1.54, 1.807) is 0 Å². The third-order valence-corrected chi connectivity index (χ3v) is 3.35. The van der Waals surface area contributed by atoms with Crippen molar-refractivity contribution in [2.75, 3.05) is 19.8 Å². The molecule has 1 heterocycles. The van der Waals surface area contributed by atoms with Gasteiger partial charge >= 0.3 is 0 Å². The first kappa shape index (κ1) is 18.1. The van der Waals surface area contributed by atoms with E-state index >= 15 is 0 Å². The Morgan fingerprint density at radius 3 is 2.43 bits per heavy atom. The van der Waals surface area contributed by atoms with E-state index in [1.807, 2.05) is 0 Å². The molecule has 0 aromatic heterocycles. The molecule has 1 rings (SSSR count). The molecule has 1 saturated heterocycles. The summed E-state index contributed by atoms with van der Waals surface area (Å²) < 4.78 is 10.5. The van der Waals surface area contributed by atoms with Crippen LogP contribution in [0, 0.1) is 0 Å². The van der Waals surface area contributed by atoms with Crippen molar-refractivity contribution in [3.63, 3.8) is 0 Å². The van der Waals surface area contributed by atoms with Gasteiger partial charge in [0.15, 0.2) is 6.29 Å². The van der Waals surface area contributed by atoms with Crippen molar-refractivity contribution in [1.29, 1.82) is 0 Å². The molecule has 1 fully saturated rings. The van der Waals surface area contributed by atoms with Crippen LogP contribution in [-0.4, -0.2) is 70.9 Å². The molecule has 0 aromatic rings. The Balaban J connectivity index is 2.20. The van der Waals surface area contributed by atoms with Gasteiger partial charge in [0.2, 0.25) is 0 Å². The number of aliphatic hydroxyl groups excluding tert-OH is 4. The lowest BCUT2D eigenvalue weighted by atomic mass is 9.99. The van der Waals surface area contributed by atoms with Crippen molar-refractivity contribution in [3.8, 4) is 0 Å². The average Bonchev–Trinajstić information content (AvgIpc) is 2.49. The fourth-order valence-corrected chi connectivity index (χ4v) is 2.09. The third kappa shape index (κ3) is 5.76. The van der Waals surface area contributed by atoms with Gasteiger partial charge in [0.25, 0.3) is 0 Å². The number of azide groups is 1. The molecule has 0 unspecified atom stereocenters. The molecule has 0 saturated carbocycles. The molecule has 0 aliphatic carbocycles. The maximum absolute atomic E-state index is 9.73. The molecule has 21 heavy (non-hydrogen) atoms. The summed E-state index contributed by atoms with van der Waals surface area (Å²) in [4.78, 5) is 2.66. The second-order valence-electron chi connectivity index (χ2n) is 4.94. The number of rotatable bonds is 9. The number of nitrogens with zero attached hydrogens (tertiary/aromatic N) is 3. The Bertz CT molecular complexity index is 337. The highest BCUT2D eigenvalue weighted by atomic mass is 16.7. The Labute approximate surface area is 122 Å². The van der Waals surface area contributed by atoms with Crippen LogP contribution in [0.15, 0.2) is 5.11 Å². The molecule has 0 aromatic carbocycles. The normalized spacial score (nSPS) is 32.7. The summed E-state index contributed by atoms with van der Waals surface area (Å²) in [5, 5.41) is 41.4. The van der Waals surface area contributed by atoms with Gasteiger partial charge in [-0.2, -0.15) is 0 Å². The van der Waals surface area contributed by atoms with Crippen molar-refractivity contribution in [1.82, 2.24) is 0 Å². The van der Waals surface area contributed by atoms with E-state index in [4.69, 9.17) is 20.1 Å². The minimum Gasteiger partial charge on any atom is -0.394 e. The molecule has 5 atom stereocenters. The predicted molar refractivity (Wildman–Crippen MR) is 72.2 cm³/mol. The Kier molecular flexibility index (Phi) is 8.55. The molecule has 9 heteroatoms. The van der Waals surface area contributed by atoms with Gasteiger partial charge in [0.1, 0.15) is 24.4 Å². The molecular formula is C12H23N3O6. The molecule has 1 aliphatic rings. The predicted octanol–water partition coefficient (Wildman–Crippen LogP) is -0.326. The monoisotopic (exact) mass is 305 g/mol. The number of hydrogen-bond donors (Lipinski definition) is 4. The SMILES string of the molecule is [N-]=[N+]=NCCCCCCO[C@H]1O[C@H](CO)[C@@H](O)[C@H](O)[C@@H]1O. The van der Waals surface area contributed by atoms with Crippen LogP contribution in [-0.2, 0) is 9.47 Å². The molecule has 0 amide bonds. The van der Waals surface area contributed by atoms with Crippen molar-refractivity contribution in [3.05, 3.63) is 10.4 Å². The van der Waals surface area contributed by atoms with Gasteiger partial charge in [-0.3, -0.25) is 0 Å². The topological polar surface area (TPSA) is 148 Å². The van der Waals surface area contributed by atoms with E-state index in [0.717, 1.165) is 25.7 Å². The van der Waals surface area contributed by atoms with Crippen LogP contribution in [0.4, 0.5) is 0 Å². The lowest BCUT2D eigenvalue weighted by Crippen LogP contribution is -2.59. The van der Waals surface area contributed by atoms with E-state index in [9.17, 15) is 15.3 Å². The van der Waals surface area contributed by atoms with Crippen LogP contribution in [0.25, 0.3) is 10.4 Å². The molecule has 0 bridgehead atoms. The zero-order valence-corrected chi connectivity index (χ0v) is 11.8. The zero-order chi connectivity index (χ0) is 15.7. The molecule has 122 valence electrons. The lowest BCUT2D eigenvalue weighted by Gasteiger charge is -2.39. The molecule has 0 radical (unpaired) electrons. The largest absolute Gasteiger partial charge is 0.394 e. The highest BCUT2D eigenvalue weighted by Gasteiger charge is 2.43. The van der Waals surface area contributed by atoms with E-state index < -0.39 is 37.3 Å². The van der Waals surface area contributed by atoms with Crippen LogP contribution in [0.2, 0.25) is 0 Å². The van der Waals surface area contributed by atoms with Crippen LogP contribution in [0.3, 0.4) is 0 Å². The summed E-state index contributed by atoms with van der Waals surface area (Å²) in [7, 11) is 0. The summed E-state index contributed by atoms with van der Waals surface area (Å²) in [6, 6.07) is 0. The first-order valence-corrected chi connectivity index (χ1v) is 7.04. The maximum Gasteiger partial charge on any atom is 0.186 e. The number of ether oxygens (including phenoxy) is 2. The summed E-state index contributed by atoms with van der Waals surface area (Å²) in [6.07, 6.45) is -2.84. The molecule has 1 aliphatic heterocycles. The number of aliphatic hydroxyl groups is 4. The standard InChI is InChI=1S/C12H23N3O6/c13-15-14-5-3-1-2-4-6-20-12-11(19)10(18)9(17)8(7-16)21-12/h8-12,16-19H,1-7H2/t8-,9-,10+,11+,12+/m1/s1.